The Hall–Kier alpha value is -4.04. The van der Waals surface area contributed by atoms with E-state index in [0.29, 0.717) is 5.75 Å². The normalized spacial score (nSPS) is 13.3. The van der Waals surface area contributed by atoms with Crippen molar-refractivity contribution in [3.63, 3.8) is 0 Å². The Morgan fingerprint density at radius 1 is 1.24 bits per heavy atom. The molecular weight excluding hydrogens is 475 g/mol. The summed E-state index contributed by atoms with van der Waals surface area (Å²) in [5.74, 6) is -0.845. The number of halogens is 4. The van der Waals surface area contributed by atoms with Crippen molar-refractivity contribution in [2.75, 3.05) is 23.9 Å². The Bertz CT molecular complexity index is 1350. The molecule has 4 rings (SSSR count). The number of alkyl halides is 3. The van der Waals surface area contributed by atoms with E-state index in [0.717, 1.165) is 18.2 Å². The number of benzene rings is 2. The standard InChI is InChI=1S/C22H15ClF3N5O3/c1-34-18-5-2-12(8-13(18)10-27)20(32)29-17-11-28-31-7-6-30(21(33)19(17)31)14-3-4-15(16(23)9-14)22(24,25)26/h2-5,8-9,11H,6-7H2,1H3,(H,29,32). The lowest BCUT2D eigenvalue weighted by molar-refractivity contribution is -0.137. The molecule has 1 aromatic heterocycles. The van der Waals surface area contributed by atoms with Crippen molar-refractivity contribution in [1.82, 2.24) is 9.78 Å². The first-order valence-electron chi connectivity index (χ1n) is 9.78. The van der Waals surface area contributed by atoms with Crippen molar-refractivity contribution >= 4 is 34.8 Å². The van der Waals surface area contributed by atoms with Crippen LogP contribution in [0.25, 0.3) is 0 Å². The predicted molar refractivity (Wildman–Crippen MR) is 116 cm³/mol. The zero-order valence-electron chi connectivity index (χ0n) is 17.5. The van der Waals surface area contributed by atoms with Crippen molar-refractivity contribution in [1.29, 1.82) is 5.26 Å². The maximum Gasteiger partial charge on any atom is 0.417 e. The minimum atomic E-state index is -4.62. The first kappa shape index (κ1) is 23.1. The maximum absolute atomic E-state index is 13.2. The number of carbonyl (C=O) groups excluding carboxylic acids is 2. The van der Waals surface area contributed by atoms with E-state index < -0.39 is 28.6 Å². The van der Waals surface area contributed by atoms with Gasteiger partial charge in [-0.05, 0) is 36.4 Å². The van der Waals surface area contributed by atoms with Crippen LogP contribution in [0.15, 0.2) is 42.6 Å². The molecule has 2 aromatic carbocycles. The number of nitrogens with one attached hydrogen (secondary N) is 1. The van der Waals surface area contributed by atoms with Crippen molar-refractivity contribution in [2.24, 2.45) is 0 Å². The minimum absolute atomic E-state index is 0.0599. The van der Waals surface area contributed by atoms with E-state index in [1.165, 1.54) is 41.1 Å². The van der Waals surface area contributed by atoms with Crippen molar-refractivity contribution in [2.45, 2.75) is 12.7 Å². The minimum Gasteiger partial charge on any atom is -0.495 e. The van der Waals surface area contributed by atoms with Crippen LogP contribution in [0.5, 0.6) is 5.75 Å². The Balaban J connectivity index is 1.61. The van der Waals surface area contributed by atoms with Gasteiger partial charge >= 0.3 is 6.18 Å². The number of anilines is 2. The third kappa shape index (κ3) is 4.15. The third-order valence-electron chi connectivity index (χ3n) is 5.22. The second-order valence-corrected chi connectivity index (χ2v) is 7.64. The number of ether oxygens (including phenoxy) is 1. The first-order chi connectivity index (χ1) is 16.1. The Labute approximate surface area is 196 Å². The van der Waals surface area contributed by atoms with E-state index in [9.17, 15) is 28.0 Å². The van der Waals surface area contributed by atoms with Crippen LogP contribution in [0.2, 0.25) is 5.02 Å². The van der Waals surface area contributed by atoms with Crippen LogP contribution >= 0.6 is 11.6 Å². The number of aromatic nitrogens is 2. The molecule has 1 aliphatic heterocycles. The zero-order chi connectivity index (χ0) is 24.6. The highest BCUT2D eigenvalue weighted by Gasteiger charge is 2.35. The molecule has 1 aliphatic rings. The van der Waals surface area contributed by atoms with Gasteiger partial charge in [0.2, 0.25) is 0 Å². The highest BCUT2D eigenvalue weighted by Crippen LogP contribution is 2.37. The molecule has 0 saturated heterocycles. The monoisotopic (exact) mass is 489 g/mol. The first-order valence-corrected chi connectivity index (χ1v) is 10.2. The van der Waals surface area contributed by atoms with E-state index >= 15 is 0 Å². The molecule has 0 bridgehead atoms. The number of nitrogens with zero attached hydrogens (tertiary/aromatic N) is 4. The van der Waals surface area contributed by atoms with Crippen LogP contribution in [-0.4, -0.2) is 35.2 Å². The van der Waals surface area contributed by atoms with Gasteiger partial charge < -0.3 is 15.0 Å². The molecule has 0 aliphatic carbocycles. The van der Waals surface area contributed by atoms with Crippen molar-refractivity contribution in [3.8, 4) is 11.8 Å². The Kier molecular flexibility index (Phi) is 5.93. The highest BCUT2D eigenvalue weighted by molar-refractivity contribution is 6.31. The van der Waals surface area contributed by atoms with E-state index in [1.54, 1.807) is 0 Å². The van der Waals surface area contributed by atoms with Crippen LogP contribution in [0, 0.1) is 11.3 Å². The molecule has 0 radical (unpaired) electrons. The molecule has 1 N–H and O–H groups in total. The smallest absolute Gasteiger partial charge is 0.417 e. The van der Waals surface area contributed by atoms with E-state index in [-0.39, 0.29) is 41.3 Å². The number of methoxy groups -OCH3 is 1. The van der Waals surface area contributed by atoms with Gasteiger partial charge in [-0.3, -0.25) is 14.3 Å². The maximum atomic E-state index is 13.2. The van der Waals surface area contributed by atoms with Gasteiger partial charge in [0.25, 0.3) is 11.8 Å². The molecule has 0 spiro atoms. The molecule has 0 unspecified atom stereocenters. The SMILES string of the molecule is COc1ccc(C(=O)Nc2cnn3c2C(=O)N(c2ccc(C(F)(F)F)c(Cl)c2)CC3)cc1C#N. The van der Waals surface area contributed by atoms with Crippen LogP contribution < -0.4 is 15.0 Å². The van der Waals surface area contributed by atoms with Gasteiger partial charge in [0, 0.05) is 17.8 Å². The molecule has 8 nitrogen and oxygen atoms in total. The van der Waals surface area contributed by atoms with E-state index in [4.69, 9.17) is 16.3 Å². The number of hydrogen-bond donors (Lipinski definition) is 1. The summed E-state index contributed by atoms with van der Waals surface area (Å²) in [7, 11) is 1.40. The quantitative estimate of drug-likeness (QED) is 0.587. The largest absolute Gasteiger partial charge is 0.495 e. The average molecular weight is 490 g/mol. The van der Waals surface area contributed by atoms with Gasteiger partial charge in [0.1, 0.15) is 17.5 Å². The number of nitriles is 1. The fourth-order valence-electron chi connectivity index (χ4n) is 3.58. The Morgan fingerprint density at radius 2 is 2.00 bits per heavy atom. The van der Waals surface area contributed by atoms with E-state index in [1.807, 2.05) is 6.07 Å². The Morgan fingerprint density at radius 3 is 2.65 bits per heavy atom. The zero-order valence-corrected chi connectivity index (χ0v) is 18.2. The van der Waals surface area contributed by atoms with Crippen LogP contribution in [0.3, 0.4) is 0 Å². The summed E-state index contributed by atoms with van der Waals surface area (Å²) in [5, 5.41) is 15.4. The summed E-state index contributed by atoms with van der Waals surface area (Å²) < 4.78 is 45.5. The molecule has 0 saturated carbocycles. The van der Waals surface area contributed by atoms with Crippen LogP contribution in [-0.2, 0) is 12.7 Å². The third-order valence-corrected chi connectivity index (χ3v) is 5.54. The van der Waals surface area contributed by atoms with Gasteiger partial charge in [0.05, 0.1) is 41.7 Å². The molecular formula is C22H15ClF3N5O3. The molecule has 34 heavy (non-hydrogen) atoms. The number of amides is 2. The fourth-order valence-corrected chi connectivity index (χ4v) is 3.86. The highest BCUT2D eigenvalue weighted by atomic mass is 35.5. The van der Waals surface area contributed by atoms with Gasteiger partial charge in [0.15, 0.2) is 0 Å². The van der Waals surface area contributed by atoms with E-state index in [2.05, 4.69) is 10.4 Å². The number of rotatable bonds is 4. The predicted octanol–water partition coefficient (Wildman–Crippen LogP) is 4.35. The number of carbonyl (C=O) groups is 2. The molecule has 0 fully saturated rings. The lowest BCUT2D eigenvalue weighted by Crippen LogP contribution is -2.41. The van der Waals surface area contributed by atoms with Crippen molar-refractivity contribution < 1.29 is 27.5 Å². The fraction of sp³-hybridized carbons (Fsp3) is 0.182. The molecule has 0 atom stereocenters. The summed E-state index contributed by atoms with van der Waals surface area (Å²) in [4.78, 5) is 27.2. The molecule has 2 amide bonds. The second kappa shape index (κ2) is 8.72. The topological polar surface area (TPSA) is 100 Å². The average Bonchev–Trinajstić information content (AvgIpc) is 3.21. The molecule has 174 valence electrons. The van der Waals surface area contributed by atoms with Gasteiger partial charge in [-0.15, -0.1) is 0 Å². The van der Waals surface area contributed by atoms with Gasteiger partial charge in [-0.25, -0.2) is 0 Å². The lowest BCUT2D eigenvalue weighted by atomic mass is 10.1. The number of fused-ring (bicyclic) bond motifs is 1. The second-order valence-electron chi connectivity index (χ2n) is 7.23. The summed E-state index contributed by atoms with van der Waals surface area (Å²) in [6, 6.07) is 9.28. The van der Waals surface area contributed by atoms with Crippen LogP contribution in [0.4, 0.5) is 24.5 Å². The lowest BCUT2D eigenvalue weighted by Gasteiger charge is -2.28. The summed E-state index contributed by atoms with van der Waals surface area (Å²) in [5.41, 5.74) is -0.324. The van der Waals surface area contributed by atoms with Gasteiger partial charge in [-0.2, -0.15) is 23.5 Å². The summed E-state index contributed by atoms with van der Waals surface area (Å²) >= 11 is 5.81. The number of hydrogen-bond acceptors (Lipinski definition) is 5. The molecule has 12 heteroatoms. The molecule has 2 heterocycles. The summed E-state index contributed by atoms with van der Waals surface area (Å²) in [6.45, 7) is 0.392. The van der Waals surface area contributed by atoms with Crippen LogP contribution in [0.1, 0.15) is 32.0 Å². The summed E-state index contributed by atoms with van der Waals surface area (Å²) in [6.07, 6.45) is -3.31. The van der Waals surface area contributed by atoms with Gasteiger partial charge in [-0.1, -0.05) is 11.6 Å². The molecule has 3 aromatic rings. The van der Waals surface area contributed by atoms with Crippen molar-refractivity contribution in [3.05, 3.63) is 70.0 Å².